The summed E-state index contributed by atoms with van der Waals surface area (Å²) in [6.45, 7) is 2.27. The molecule has 0 fully saturated rings. The quantitative estimate of drug-likeness (QED) is 0.189. The first-order chi connectivity index (χ1) is 14.5. The van der Waals surface area contributed by atoms with Gasteiger partial charge in [0.15, 0.2) is 0 Å². The molecule has 0 N–H and O–H groups in total. The fourth-order valence-electron chi connectivity index (χ4n) is 4.28. The highest BCUT2D eigenvalue weighted by Gasteiger charge is 2.19. The number of benzene rings is 2. The number of hydrogen-bond acceptors (Lipinski definition) is 2. The second-order valence-corrected chi connectivity index (χ2v) is 11.1. The lowest BCUT2D eigenvalue weighted by molar-refractivity contribution is 0.535. The summed E-state index contributed by atoms with van der Waals surface area (Å²) in [6, 6.07) is 11.5. The first-order valence-corrected chi connectivity index (χ1v) is 14.3. The van der Waals surface area contributed by atoms with Crippen molar-refractivity contribution in [3.05, 3.63) is 42.0 Å². The lowest BCUT2D eigenvalue weighted by Gasteiger charge is -2.11. The number of rotatable bonds is 16. The molecule has 0 heterocycles. The average Bonchev–Trinajstić information content (AvgIpc) is 2.72. The standard InChI is InChI=1S/C26H39ClO2S/c1-2-3-4-5-6-7-8-9-10-11-12-13-14-15-19-24-22-21-23-18-16-17-20-25(23)26(24)30(27,28)29/h16-18,20-22H,2-15,19H2,1H3. The van der Waals surface area contributed by atoms with Gasteiger partial charge in [0.1, 0.15) is 0 Å². The van der Waals surface area contributed by atoms with Crippen molar-refractivity contribution in [3.63, 3.8) is 0 Å². The predicted octanol–water partition coefficient (Wildman–Crippen LogP) is 8.79. The second kappa shape index (κ2) is 14.1. The van der Waals surface area contributed by atoms with Gasteiger partial charge in [-0.25, -0.2) is 8.42 Å². The Kier molecular flexibility index (Phi) is 11.8. The van der Waals surface area contributed by atoms with E-state index < -0.39 is 9.05 Å². The molecule has 2 aromatic rings. The van der Waals surface area contributed by atoms with Gasteiger partial charge in [-0.1, -0.05) is 127 Å². The van der Waals surface area contributed by atoms with E-state index in [0.29, 0.717) is 4.90 Å². The van der Waals surface area contributed by atoms with Gasteiger partial charge in [-0.2, -0.15) is 0 Å². The Hall–Kier alpha value is -1.06. The smallest absolute Gasteiger partial charge is 0.207 e. The van der Waals surface area contributed by atoms with Crippen molar-refractivity contribution in [3.8, 4) is 0 Å². The predicted molar refractivity (Wildman–Crippen MR) is 131 cm³/mol. The topological polar surface area (TPSA) is 34.1 Å². The molecule has 0 bridgehead atoms. The third-order valence-corrected chi connectivity index (χ3v) is 7.44. The zero-order valence-corrected chi connectivity index (χ0v) is 20.2. The fraction of sp³-hybridized carbons (Fsp3) is 0.615. The maximum absolute atomic E-state index is 12.2. The molecule has 0 radical (unpaired) electrons. The molecule has 0 aliphatic heterocycles. The highest BCUT2D eigenvalue weighted by molar-refractivity contribution is 8.14. The molecular weight excluding hydrogens is 412 g/mol. The van der Waals surface area contributed by atoms with Crippen molar-refractivity contribution in [2.75, 3.05) is 0 Å². The highest BCUT2D eigenvalue weighted by Crippen LogP contribution is 2.30. The van der Waals surface area contributed by atoms with Crippen LogP contribution in [0.2, 0.25) is 0 Å². The third-order valence-electron chi connectivity index (χ3n) is 6.00. The van der Waals surface area contributed by atoms with Crippen LogP contribution in [0.5, 0.6) is 0 Å². The molecule has 0 aromatic heterocycles. The summed E-state index contributed by atoms with van der Waals surface area (Å²) in [5, 5.41) is 1.65. The highest BCUT2D eigenvalue weighted by atomic mass is 35.7. The van der Waals surface area contributed by atoms with Crippen LogP contribution in [-0.4, -0.2) is 8.42 Å². The van der Waals surface area contributed by atoms with Gasteiger partial charge in [0.2, 0.25) is 0 Å². The first kappa shape index (κ1) is 25.2. The molecule has 30 heavy (non-hydrogen) atoms. The lowest BCUT2D eigenvalue weighted by Crippen LogP contribution is -2.00. The van der Waals surface area contributed by atoms with Crippen LogP contribution < -0.4 is 0 Å². The van der Waals surface area contributed by atoms with E-state index in [1.807, 2.05) is 36.4 Å². The molecule has 2 nitrogen and oxygen atoms in total. The summed E-state index contributed by atoms with van der Waals surface area (Å²) in [5.74, 6) is 0. The summed E-state index contributed by atoms with van der Waals surface area (Å²) in [7, 11) is 2.02. The number of fused-ring (bicyclic) bond motifs is 1. The maximum Gasteiger partial charge on any atom is 0.262 e. The fourth-order valence-corrected chi connectivity index (χ4v) is 5.76. The summed E-state index contributed by atoms with van der Waals surface area (Å²) in [6.07, 6.45) is 19.3. The molecule has 0 saturated heterocycles. The van der Waals surface area contributed by atoms with Gasteiger partial charge in [-0.05, 0) is 23.8 Å². The Balaban J connectivity index is 1.62. The largest absolute Gasteiger partial charge is 0.262 e. The van der Waals surface area contributed by atoms with Crippen molar-refractivity contribution in [1.82, 2.24) is 0 Å². The van der Waals surface area contributed by atoms with Crippen molar-refractivity contribution < 1.29 is 8.42 Å². The Labute approximate surface area is 188 Å². The van der Waals surface area contributed by atoms with E-state index in [2.05, 4.69) is 6.92 Å². The summed E-state index contributed by atoms with van der Waals surface area (Å²) in [5.41, 5.74) is 0.850. The Bertz CT molecular complexity index is 845. The average molecular weight is 451 g/mol. The van der Waals surface area contributed by atoms with Crippen molar-refractivity contribution in [2.45, 2.75) is 108 Å². The molecule has 168 valence electrons. The van der Waals surface area contributed by atoms with Gasteiger partial charge in [0, 0.05) is 16.1 Å². The number of unbranched alkanes of at least 4 members (excludes halogenated alkanes) is 13. The van der Waals surface area contributed by atoms with Gasteiger partial charge in [0.25, 0.3) is 9.05 Å². The number of halogens is 1. The van der Waals surface area contributed by atoms with E-state index in [0.717, 1.165) is 35.6 Å². The van der Waals surface area contributed by atoms with Crippen molar-refractivity contribution >= 4 is 30.5 Å². The molecule has 0 aliphatic rings. The van der Waals surface area contributed by atoms with Crippen LogP contribution >= 0.6 is 10.7 Å². The molecule has 0 aliphatic carbocycles. The molecule has 2 rings (SSSR count). The normalized spacial score (nSPS) is 11.9. The Morgan fingerprint density at radius 1 is 0.667 bits per heavy atom. The van der Waals surface area contributed by atoms with E-state index in [9.17, 15) is 8.42 Å². The number of hydrogen-bond donors (Lipinski definition) is 0. The second-order valence-electron chi connectivity index (χ2n) is 8.56. The van der Waals surface area contributed by atoms with Gasteiger partial charge in [-0.3, -0.25) is 0 Å². The Morgan fingerprint density at radius 2 is 1.17 bits per heavy atom. The summed E-state index contributed by atoms with van der Waals surface area (Å²) < 4.78 is 24.4. The zero-order chi connectivity index (χ0) is 21.7. The number of aryl methyl sites for hydroxylation is 1. The molecule has 0 atom stereocenters. The van der Waals surface area contributed by atoms with Gasteiger partial charge in [-0.15, -0.1) is 0 Å². The molecule has 4 heteroatoms. The van der Waals surface area contributed by atoms with Gasteiger partial charge < -0.3 is 0 Å². The summed E-state index contributed by atoms with van der Waals surface area (Å²) >= 11 is 0. The monoisotopic (exact) mass is 450 g/mol. The minimum atomic E-state index is -3.76. The molecule has 2 aromatic carbocycles. The van der Waals surface area contributed by atoms with Crippen LogP contribution in [0.4, 0.5) is 0 Å². The van der Waals surface area contributed by atoms with E-state index in [4.69, 9.17) is 10.7 Å². The van der Waals surface area contributed by atoms with Crippen LogP contribution in [-0.2, 0) is 15.5 Å². The van der Waals surface area contributed by atoms with Gasteiger partial charge in [0.05, 0.1) is 4.90 Å². The van der Waals surface area contributed by atoms with Crippen molar-refractivity contribution in [2.24, 2.45) is 0 Å². The Morgan fingerprint density at radius 3 is 1.70 bits per heavy atom. The van der Waals surface area contributed by atoms with Crippen LogP contribution in [0.3, 0.4) is 0 Å². The van der Waals surface area contributed by atoms with E-state index in [-0.39, 0.29) is 0 Å². The van der Waals surface area contributed by atoms with E-state index in [1.54, 1.807) is 0 Å². The van der Waals surface area contributed by atoms with Crippen LogP contribution in [0.25, 0.3) is 10.8 Å². The molecule has 0 saturated carbocycles. The van der Waals surface area contributed by atoms with Crippen LogP contribution in [0.1, 0.15) is 102 Å². The molecule has 0 amide bonds. The van der Waals surface area contributed by atoms with Crippen LogP contribution in [0.15, 0.2) is 41.3 Å². The maximum atomic E-state index is 12.2. The molecule has 0 unspecified atom stereocenters. The van der Waals surface area contributed by atoms with Gasteiger partial charge >= 0.3 is 0 Å². The molecule has 0 spiro atoms. The molecular formula is C26H39ClO2S. The zero-order valence-electron chi connectivity index (χ0n) is 18.7. The lowest BCUT2D eigenvalue weighted by atomic mass is 10.0. The summed E-state index contributed by atoms with van der Waals surface area (Å²) in [4.78, 5) is 0.303. The van der Waals surface area contributed by atoms with Crippen LogP contribution in [0, 0.1) is 0 Å². The van der Waals surface area contributed by atoms with E-state index in [1.165, 1.54) is 77.0 Å². The minimum Gasteiger partial charge on any atom is -0.207 e. The minimum absolute atomic E-state index is 0.303. The van der Waals surface area contributed by atoms with E-state index >= 15 is 0 Å². The SMILES string of the molecule is CCCCCCCCCCCCCCCCc1ccc2ccccc2c1S(=O)(=O)Cl. The van der Waals surface area contributed by atoms with Crippen molar-refractivity contribution in [1.29, 1.82) is 0 Å². The first-order valence-electron chi connectivity index (χ1n) is 12.0. The third kappa shape index (κ3) is 8.98.